The SMILES string of the molecule is Cc1oc(-c2cccs2)nc1CN1CCN(C(=O)c2ccc(F)cc2Cl)CC1. The number of hydrogen-bond acceptors (Lipinski definition) is 5. The highest BCUT2D eigenvalue weighted by Crippen LogP contribution is 2.27. The second kappa shape index (κ2) is 8.03. The number of halogens is 2. The number of rotatable bonds is 4. The van der Waals surface area contributed by atoms with E-state index in [9.17, 15) is 9.18 Å². The van der Waals surface area contributed by atoms with Crippen LogP contribution in [-0.4, -0.2) is 46.9 Å². The van der Waals surface area contributed by atoms with Crippen molar-refractivity contribution in [2.45, 2.75) is 13.5 Å². The van der Waals surface area contributed by atoms with Gasteiger partial charge in [-0.25, -0.2) is 9.37 Å². The number of amides is 1. The first kappa shape index (κ1) is 19.1. The van der Waals surface area contributed by atoms with Crippen LogP contribution < -0.4 is 0 Å². The van der Waals surface area contributed by atoms with Crippen LogP contribution in [0.1, 0.15) is 21.8 Å². The quantitative estimate of drug-likeness (QED) is 0.626. The molecule has 3 aromatic rings. The van der Waals surface area contributed by atoms with Gasteiger partial charge in [0.15, 0.2) is 0 Å². The third kappa shape index (κ3) is 3.97. The van der Waals surface area contributed by atoms with Gasteiger partial charge in [-0.15, -0.1) is 11.3 Å². The molecule has 8 heteroatoms. The van der Waals surface area contributed by atoms with Crippen LogP contribution >= 0.6 is 22.9 Å². The van der Waals surface area contributed by atoms with Crippen molar-refractivity contribution in [3.63, 3.8) is 0 Å². The normalized spacial score (nSPS) is 15.2. The van der Waals surface area contributed by atoms with Crippen molar-refractivity contribution < 1.29 is 13.6 Å². The summed E-state index contributed by atoms with van der Waals surface area (Å²) in [6, 6.07) is 7.84. The molecule has 0 spiro atoms. The maximum atomic E-state index is 13.2. The summed E-state index contributed by atoms with van der Waals surface area (Å²) in [5.41, 5.74) is 1.26. The fourth-order valence-electron chi connectivity index (χ4n) is 3.23. The molecule has 1 aromatic carbocycles. The molecule has 0 N–H and O–H groups in total. The lowest BCUT2D eigenvalue weighted by Gasteiger charge is -2.34. The fourth-order valence-corrected chi connectivity index (χ4v) is 4.13. The van der Waals surface area contributed by atoms with E-state index >= 15 is 0 Å². The van der Waals surface area contributed by atoms with Crippen molar-refractivity contribution in [1.82, 2.24) is 14.8 Å². The van der Waals surface area contributed by atoms with Gasteiger partial charge in [-0.05, 0) is 36.6 Å². The topological polar surface area (TPSA) is 49.6 Å². The van der Waals surface area contributed by atoms with Gasteiger partial charge in [0.2, 0.25) is 5.89 Å². The minimum absolute atomic E-state index is 0.145. The number of hydrogen-bond donors (Lipinski definition) is 0. The molecular formula is C20H19ClFN3O2S. The molecule has 28 heavy (non-hydrogen) atoms. The Bertz CT molecular complexity index is 982. The molecule has 0 bridgehead atoms. The molecule has 2 aromatic heterocycles. The maximum Gasteiger partial charge on any atom is 0.255 e. The average Bonchev–Trinajstić information content (AvgIpc) is 3.32. The van der Waals surface area contributed by atoms with Crippen molar-refractivity contribution in [3.05, 3.63) is 63.6 Å². The molecule has 0 unspecified atom stereocenters. The third-order valence-corrected chi connectivity index (χ3v) is 5.99. The van der Waals surface area contributed by atoms with Gasteiger partial charge in [0.05, 0.1) is 21.2 Å². The van der Waals surface area contributed by atoms with E-state index in [0.717, 1.165) is 29.4 Å². The van der Waals surface area contributed by atoms with Crippen LogP contribution in [-0.2, 0) is 6.54 Å². The second-order valence-corrected chi connectivity index (χ2v) is 8.05. The first-order chi connectivity index (χ1) is 13.5. The Morgan fingerprint density at radius 3 is 2.75 bits per heavy atom. The minimum Gasteiger partial charge on any atom is -0.440 e. The van der Waals surface area contributed by atoms with E-state index in [-0.39, 0.29) is 10.9 Å². The van der Waals surface area contributed by atoms with E-state index in [1.165, 1.54) is 18.2 Å². The molecule has 1 amide bonds. The van der Waals surface area contributed by atoms with Crippen LogP contribution in [0.5, 0.6) is 0 Å². The van der Waals surface area contributed by atoms with Gasteiger partial charge in [0, 0.05) is 32.7 Å². The lowest BCUT2D eigenvalue weighted by Crippen LogP contribution is -2.48. The summed E-state index contributed by atoms with van der Waals surface area (Å²) in [6.07, 6.45) is 0. The minimum atomic E-state index is -0.448. The molecule has 1 aliphatic heterocycles. The molecule has 4 rings (SSSR count). The Labute approximate surface area is 171 Å². The Morgan fingerprint density at radius 2 is 2.07 bits per heavy atom. The van der Waals surface area contributed by atoms with Crippen molar-refractivity contribution in [1.29, 1.82) is 0 Å². The van der Waals surface area contributed by atoms with Crippen molar-refractivity contribution >= 4 is 28.8 Å². The standard InChI is InChI=1S/C20H19ClFN3O2S/c1-13-17(23-19(27-13)18-3-2-10-28-18)12-24-6-8-25(9-7-24)20(26)15-5-4-14(22)11-16(15)21/h2-5,10-11H,6-9,12H2,1H3. The summed E-state index contributed by atoms with van der Waals surface area (Å²) < 4.78 is 19.0. The number of nitrogens with zero attached hydrogens (tertiary/aromatic N) is 3. The summed E-state index contributed by atoms with van der Waals surface area (Å²) in [5.74, 6) is 0.862. The Hall–Kier alpha value is -2.22. The van der Waals surface area contributed by atoms with Crippen LogP contribution in [0, 0.1) is 12.7 Å². The molecule has 1 aliphatic rings. The highest BCUT2D eigenvalue weighted by Gasteiger charge is 2.25. The Kier molecular flexibility index (Phi) is 5.48. The summed E-state index contributed by atoms with van der Waals surface area (Å²) in [6.45, 7) is 5.23. The van der Waals surface area contributed by atoms with Gasteiger partial charge in [-0.3, -0.25) is 9.69 Å². The summed E-state index contributed by atoms with van der Waals surface area (Å²) in [4.78, 5) is 22.3. The van der Waals surface area contributed by atoms with Crippen LogP contribution in [0.4, 0.5) is 4.39 Å². The van der Waals surface area contributed by atoms with Gasteiger partial charge >= 0.3 is 0 Å². The number of benzene rings is 1. The van der Waals surface area contributed by atoms with Gasteiger partial charge in [-0.1, -0.05) is 17.7 Å². The smallest absolute Gasteiger partial charge is 0.255 e. The average molecular weight is 420 g/mol. The van der Waals surface area contributed by atoms with Gasteiger partial charge in [0.25, 0.3) is 5.91 Å². The van der Waals surface area contributed by atoms with E-state index in [1.54, 1.807) is 16.2 Å². The summed E-state index contributed by atoms with van der Waals surface area (Å²) >= 11 is 7.63. The molecular weight excluding hydrogens is 401 g/mol. The first-order valence-electron chi connectivity index (χ1n) is 8.98. The van der Waals surface area contributed by atoms with E-state index in [4.69, 9.17) is 16.0 Å². The van der Waals surface area contributed by atoms with Crippen molar-refractivity contribution in [2.75, 3.05) is 26.2 Å². The van der Waals surface area contributed by atoms with E-state index < -0.39 is 5.82 Å². The van der Waals surface area contributed by atoms with E-state index in [1.807, 2.05) is 24.4 Å². The highest BCUT2D eigenvalue weighted by atomic mass is 35.5. The fraction of sp³-hybridized carbons (Fsp3) is 0.300. The molecule has 0 atom stereocenters. The number of aromatic nitrogens is 1. The highest BCUT2D eigenvalue weighted by molar-refractivity contribution is 7.13. The van der Waals surface area contributed by atoms with Gasteiger partial charge in [0.1, 0.15) is 11.6 Å². The monoisotopic (exact) mass is 419 g/mol. The van der Waals surface area contributed by atoms with Crippen LogP contribution in [0.25, 0.3) is 10.8 Å². The molecule has 146 valence electrons. The van der Waals surface area contributed by atoms with E-state index in [0.29, 0.717) is 31.1 Å². The van der Waals surface area contributed by atoms with Crippen molar-refractivity contribution in [3.8, 4) is 10.8 Å². The number of thiophene rings is 1. The Morgan fingerprint density at radius 1 is 1.29 bits per heavy atom. The number of carbonyl (C=O) groups excluding carboxylic acids is 1. The Balaban J connectivity index is 1.37. The van der Waals surface area contributed by atoms with E-state index in [2.05, 4.69) is 9.88 Å². The lowest BCUT2D eigenvalue weighted by molar-refractivity contribution is 0.0626. The third-order valence-electron chi connectivity index (χ3n) is 4.82. The van der Waals surface area contributed by atoms with Gasteiger partial charge < -0.3 is 9.32 Å². The van der Waals surface area contributed by atoms with Crippen molar-refractivity contribution in [2.24, 2.45) is 0 Å². The number of carbonyl (C=O) groups is 1. The predicted molar refractivity (Wildman–Crippen MR) is 107 cm³/mol. The lowest BCUT2D eigenvalue weighted by atomic mass is 10.1. The zero-order valence-corrected chi connectivity index (χ0v) is 16.9. The molecule has 1 saturated heterocycles. The van der Waals surface area contributed by atoms with Gasteiger partial charge in [-0.2, -0.15) is 0 Å². The number of piperazine rings is 1. The van der Waals surface area contributed by atoms with Crippen LogP contribution in [0.3, 0.4) is 0 Å². The molecule has 0 radical (unpaired) electrons. The van der Waals surface area contributed by atoms with Crippen LogP contribution in [0.15, 0.2) is 40.1 Å². The number of aryl methyl sites for hydroxylation is 1. The number of oxazole rings is 1. The molecule has 0 aliphatic carbocycles. The molecule has 5 nitrogen and oxygen atoms in total. The zero-order chi connectivity index (χ0) is 19.7. The molecule has 3 heterocycles. The maximum absolute atomic E-state index is 13.2. The predicted octanol–water partition coefficient (Wildman–Crippen LogP) is 4.46. The molecule has 1 fully saturated rings. The largest absolute Gasteiger partial charge is 0.440 e. The summed E-state index contributed by atoms with van der Waals surface area (Å²) in [5, 5.41) is 2.14. The van der Waals surface area contributed by atoms with Crippen LogP contribution in [0.2, 0.25) is 5.02 Å². The second-order valence-electron chi connectivity index (χ2n) is 6.69. The molecule has 0 saturated carbocycles. The first-order valence-corrected chi connectivity index (χ1v) is 10.2. The summed E-state index contributed by atoms with van der Waals surface area (Å²) in [7, 11) is 0. The zero-order valence-electron chi connectivity index (χ0n) is 15.3.